The molecule has 11 heteroatoms. The third-order valence-corrected chi connectivity index (χ3v) is 4.84. The van der Waals surface area contributed by atoms with Gasteiger partial charge in [0.05, 0.1) is 17.3 Å². The zero-order valence-electron chi connectivity index (χ0n) is 16.5. The highest BCUT2D eigenvalue weighted by Gasteiger charge is 2.32. The van der Waals surface area contributed by atoms with Crippen LogP contribution in [0.5, 0.6) is 5.75 Å². The van der Waals surface area contributed by atoms with Gasteiger partial charge in [-0.25, -0.2) is 9.18 Å². The standard InChI is InChI=1S/C20H20F4N4O3/c1-12-10-27(11-13-4-15(20(22,23)24)7-16(21)5-13)2-3-28(12)19(30)31-17-6-14(18(25)29)8-26-9-17/h4-9,12H,2-3,10-11H2,1H3,(H2,25,29)/t12-/m1/s1. The fourth-order valence-electron chi connectivity index (χ4n) is 3.38. The number of piperazine rings is 1. The molecule has 2 aromatic rings. The van der Waals surface area contributed by atoms with E-state index in [-0.39, 0.29) is 36.0 Å². The lowest BCUT2D eigenvalue weighted by atomic mass is 10.1. The summed E-state index contributed by atoms with van der Waals surface area (Å²) in [5, 5.41) is 0. The number of hydrogen-bond acceptors (Lipinski definition) is 5. The Morgan fingerprint density at radius 3 is 2.58 bits per heavy atom. The van der Waals surface area contributed by atoms with E-state index in [0.29, 0.717) is 19.2 Å². The second kappa shape index (κ2) is 8.88. The van der Waals surface area contributed by atoms with Gasteiger partial charge in [-0.2, -0.15) is 13.2 Å². The molecule has 2 heterocycles. The zero-order chi connectivity index (χ0) is 22.8. The van der Waals surface area contributed by atoms with Crippen LogP contribution in [0.15, 0.2) is 36.7 Å². The van der Waals surface area contributed by atoms with Crippen LogP contribution in [-0.2, 0) is 12.7 Å². The summed E-state index contributed by atoms with van der Waals surface area (Å²) in [5.41, 5.74) is 4.43. The highest BCUT2D eigenvalue weighted by atomic mass is 19.4. The highest BCUT2D eigenvalue weighted by molar-refractivity contribution is 5.92. The van der Waals surface area contributed by atoms with Gasteiger partial charge in [0.1, 0.15) is 5.82 Å². The third-order valence-electron chi connectivity index (χ3n) is 4.84. The lowest BCUT2D eigenvalue weighted by molar-refractivity contribution is -0.137. The van der Waals surface area contributed by atoms with Gasteiger partial charge in [0.15, 0.2) is 5.75 Å². The van der Waals surface area contributed by atoms with Crippen molar-refractivity contribution in [3.63, 3.8) is 0 Å². The van der Waals surface area contributed by atoms with Crippen molar-refractivity contribution in [2.24, 2.45) is 5.73 Å². The Balaban J connectivity index is 1.62. The largest absolute Gasteiger partial charge is 0.416 e. The Morgan fingerprint density at radius 1 is 1.19 bits per heavy atom. The molecule has 2 N–H and O–H groups in total. The molecule has 3 rings (SSSR count). The summed E-state index contributed by atoms with van der Waals surface area (Å²) in [6, 6.07) is 3.44. The number of nitrogens with zero attached hydrogens (tertiary/aromatic N) is 3. The van der Waals surface area contributed by atoms with E-state index in [4.69, 9.17) is 10.5 Å². The number of rotatable bonds is 4. The molecule has 0 bridgehead atoms. The molecule has 1 aromatic carbocycles. The quantitative estimate of drug-likeness (QED) is 0.739. The summed E-state index contributed by atoms with van der Waals surface area (Å²) >= 11 is 0. The van der Waals surface area contributed by atoms with Crippen molar-refractivity contribution in [3.8, 4) is 5.75 Å². The summed E-state index contributed by atoms with van der Waals surface area (Å²) < 4.78 is 57.6. The zero-order valence-corrected chi connectivity index (χ0v) is 16.5. The average molecular weight is 440 g/mol. The van der Waals surface area contributed by atoms with E-state index in [2.05, 4.69) is 4.98 Å². The van der Waals surface area contributed by atoms with Gasteiger partial charge >= 0.3 is 12.3 Å². The smallest absolute Gasteiger partial charge is 0.409 e. The van der Waals surface area contributed by atoms with Crippen LogP contribution >= 0.6 is 0 Å². The van der Waals surface area contributed by atoms with Crippen molar-refractivity contribution in [1.82, 2.24) is 14.8 Å². The number of amides is 2. The number of ether oxygens (including phenoxy) is 1. The Hall–Kier alpha value is -3.21. The van der Waals surface area contributed by atoms with Gasteiger partial charge in [-0.15, -0.1) is 0 Å². The first-order valence-electron chi connectivity index (χ1n) is 9.35. The lowest BCUT2D eigenvalue weighted by Crippen LogP contribution is -2.54. The number of primary amides is 1. The van der Waals surface area contributed by atoms with Gasteiger partial charge in [-0.3, -0.25) is 14.7 Å². The Bertz CT molecular complexity index is 983. The fraction of sp³-hybridized carbons (Fsp3) is 0.350. The van der Waals surface area contributed by atoms with E-state index in [9.17, 15) is 27.2 Å². The molecule has 1 aromatic heterocycles. The molecule has 0 radical (unpaired) electrons. The molecule has 2 amide bonds. The molecule has 1 fully saturated rings. The maximum atomic E-state index is 13.6. The second-order valence-electron chi connectivity index (χ2n) is 7.26. The normalized spacial score (nSPS) is 17.5. The molecule has 0 aliphatic carbocycles. The lowest BCUT2D eigenvalue weighted by Gasteiger charge is -2.39. The Kier molecular flexibility index (Phi) is 6.44. The average Bonchev–Trinajstić information content (AvgIpc) is 2.67. The van der Waals surface area contributed by atoms with Crippen molar-refractivity contribution in [3.05, 3.63) is 59.2 Å². The molecule has 7 nitrogen and oxygen atoms in total. The number of aromatic nitrogens is 1. The van der Waals surface area contributed by atoms with Crippen molar-refractivity contribution >= 4 is 12.0 Å². The minimum Gasteiger partial charge on any atom is -0.409 e. The van der Waals surface area contributed by atoms with E-state index >= 15 is 0 Å². The summed E-state index contributed by atoms with van der Waals surface area (Å²) in [5.74, 6) is -1.60. The Morgan fingerprint density at radius 2 is 1.94 bits per heavy atom. The minimum absolute atomic E-state index is 0.0652. The van der Waals surface area contributed by atoms with Gasteiger partial charge in [-0.1, -0.05) is 0 Å². The highest BCUT2D eigenvalue weighted by Crippen LogP contribution is 2.31. The van der Waals surface area contributed by atoms with E-state index < -0.39 is 29.6 Å². The van der Waals surface area contributed by atoms with Crippen LogP contribution in [0.25, 0.3) is 0 Å². The van der Waals surface area contributed by atoms with Gasteiger partial charge in [0, 0.05) is 38.4 Å². The molecule has 0 unspecified atom stereocenters. The fourth-order valence-corrected chi connectivity index (χ4v) is 3.38. The van der Waals surface area contributed by atoms with Gasteiger partial charge in [0.25, 0.3) is 0 Å². The van der Waals surface area contributed by atoms with Crippen LogP contribution in [-0.4, -0.2) is 52.5 Å². The van der Waals surface area contributed by atoms with Crippen molar-refractivity contribution < 1.29 is 31.9 Å². The minimum atomic E-state index is -4.63. The summed E-state index contributed by atoms with van der Waals surface area (Å²) in [7, 11) is 0. The predicted molar refractivity (Wildman–Crippen MR) is 102 cm³/mol. The number of halogens is 4. The second-order valence-corrected chi connectivity index (χ2v) is 7.26. The van der Waals surface area contributed by atoms with Crippen LogP contribution in [0.1, 0.15) is 28.4 Å². The maximum Gasteiger partial charge on any atom is 0.416 e. The predicted octanol–water partition coefficient (Wildman–Crippen LogP) is 3.04. The topological polar surface area (TPSA) is 88.8 Å². The van der Waals surface area contributed by atoms with Crippen molar-refractivity contribution in [2.45, 2.75) is 25.7 Å². The molecule has 1 aliphatic heterocycles. The molecule has 0 spiro atoms. The first-order chi connectivity index (χ1) is 14.5. The molecule has 31 heavy (non-hydrogen) atoms. The van der Waals surface area contributed by atoms with Gasteiger partial charge in [-0.05, 0) is 36.8 Å². The van der Waals surface area contributed by atoms with Gasteiger partial charge < -0.3 is 15.4 Å². The number of carbonyl (C=O) groups excluding carboxylic acids is 2. The molecule has 1 atom stereocenters. The molecule has 0 saturated carbocycles. The summed E-state index contributed by atoms with van der Waals surface area (Å²) in [6.07, 6.45) is -2.76. The van der Waals surface area contributed by atoms with Crippen LogP contribution < -0.4 is 10.5 Å². The number of nitrogens with two attached hydrogens (primary N) is 1. The Labute approximate surface area is 175 Å². The molecule has 1 saturated heterocycles. The molecule has 166 valence electrons. The van der Waals surface area contributed by atoms with Crippen LogP contribution in [0.2, 0.25) is 0 Å². The van der Waals surface area contributed by atoms with E-state index in [1.807, 2.05) is 4.90 Å². The van der Waals surface area contributed by atoms with Crippen LogP contribution in [0.4, 0.5) is 22.4 Å². The molecular weight excluding hydrogens is 420 g/mol. The van der Waals surface area contributed by atoms with Crippen molar-refractivity contribution in [1.29, 1.82) is 0 Å². The molecular formula is C20H20F4N4O3. The van der Waals surface area contributed by atoms with Crippen molar-refractivity contribution in [2.75, 3.05) is 19.6 Å². The summed E-state index contributed by atoms with van der Waals surface area (Å²) in [6.45, 7) is 2.84. The van der Waals surface area contributed by atoms with Gasteiger partial charge in [0.2, 0.25) is 5.91 Å². The molecule has 1 aliphatic rings. The number of carbonyl (C=O) groups is 2. The van der Waals surface area contributed by atoms with E-state index in [1.54, 1.807) is 6.92 Å². The van der Waals surface area contributed by atoms with Crippen LogP contribution in [0, 0.1) is 5.82 Å². The SMILES string of the molecule is C[C@@H]1CN(Cc2cc(F)cc(C(F)(F)F)c2)CCN1C(=O)Oc1cncc(C(N)=O)c1. The number of pyridine rings is 1. The summed E-state index contributed by atoms with van der Waals surface area (Å²) in [4.78, 5) is 30.8. The monoisotopic (exact) mass is 440 g/mol. The first kappa shape index (κ1) is 22.5. The van der Waals surface area contributed by atoms with Crippen LogP contribution in [0.3, 0.4) is 0 Å². The number of hydrogen-bond donors (Lipinski definition) is 1. The maximum absolute atomic E-state index is 13.6. The third kappa shape index (κ3) is 5.69. The number of alkyl halides is 3. The van der Waals surface area contributed by atoms with E-state index in [0.717, 1.165) is 12.1 Å². The number of benzene rings is 1. The first-order valence-corrected chi connectivity index (χ1v) is 9.35. The van der Waals surface area contributed by atoms with E-state index in [1.165, 1.54) is 23.4 Å².